The van der Waals surface area contributed by atoms with Crippen molar-refractivity contribution in [3.8, 4) is 5.75 Å². The van der Waals surface area contributed by atoms with E-state index in [2.05, 4.69) is 5.32 Å². The number of hydrogen-bond donors (Lipinski definition) is 2. The monoisotopic (exact) mass is 264 g/mol. The first-order valence-electron chi connectivity index (χ1n) is 6.82. The molecular weight excluding hydrogens is 240 g/mol. The Morgan fingerprint density at radius 2 is 2.05 bits per heavy atom. The number of nitrogens with two attached hydrogens (primary N) is 1. The van der Waals surface area contributed by atoms with Gasteiger partial charge in [-0.05, 0) is 18.9 Å². The fourth-order valence-electron chi connectivity index (χ4n) is 2.07. The van der Waals surface area contributed by atoms with Gasteiger partial charge in [0.25, 0.3) is 0 Å². The average molecular weight is 264 g/mol. The van der Waals surface area contributed by atoms with E-state index in [1.165, 1.54) is 0 Å². The van der Waals surface area contributed by atoms with Crippen LogP contribution in [0.15, 0.2) is 24.3 Å². The van der Waals surface area contributed by atoms with E-state index in [1.54, 1.807) is 7.11 Å². The van der Waals surface area contributed by atoms with E-state index in [0.717, 1.165) is 24.2 Å². The van der Waals surface area contributed by atoms with Crippen LogP contribution in [0.25, 0.3) is 0 Å². The van der Waals surface area contributed by atoms with Crippen LogP contribution in [0.2, 0.25) is 0 Å². The number of carbonyl (C=O) groups is 1. The third kappa shape index (κ3) is 4.24. The fourth-order valence-corrected chi connectivity index (χ4v) is 2.07. The maximum Gasteiger partial charge on any atom is 0.237 e. The third-order valence-corrected chi connectivity index (χ3v) is 3.18. The van der Waals surface area contributed by atoms with Crippen LogP contribution in [0.5, 0.6) is 5.75 Å². The standard InChI is InChI=1S/C15H24N2O2/c1-4-8-12(16)15(18)17-13(5-2)11-9-6-7-10-14(11)19-3/h6-7,9-10,12-13H,4-5,8,16H2,1-3H3,(H,17,18)/t12-,13?/m1/s1. The summed E-state index contributed by atoms with van der Waals surface area (Å²) in [5, 5.41) is 3.00. The Morgan fingerprint density at radius 1 is 1.37 bits per heavy atom. The van der Waals surface area contributed by atoms with Crippen molar-refractivity contribution in [1.29, 1.82) is 0 Å². The highest BCUT2D eigenvalue weighted by molar-refractivity contribution is 5.81. The molecular formula is C15H24N2O2. The molecule has 1 amide bonds. The van der Waals surface area contributed by atoms with Crippen LogP contribution in [0.1, 0.15) is 44.7 Å². The zero-order valence-electron chi connectivity index (χ0n) is 12.0. The van der Waals surface area contributed by atoms with Gasteiger partial charge in [-0.1, -0.05) is 38.5 Å². The molecule has 0 saturated carbocycles. The molecule has 0 aliphatic carbocycles. The molecule has 4 heteroatoms. The number of rotatable bonds is 7. The minimum atomic E-state index is -0.436. The topological polar surface area (TPSA) is 64.4 Å². The van der Waals surface area contributed by atoms with Crippen molar-refractivity contribution in [2.24, 2.45) is 5.73 Å². The second-order valence-electron chi connectivity index (χ2n) is 4.61. The molecule has 0 aliphatic heterocycles. The predicted octanol–water partition coefficient (Wildman–Crippen LogP) is 2.39. The summed E-state index contributed by atoms with van der Waals surface area (Å²) in [5.41, 5.74) is 6.83. The second kappa shape index (κ2) is 7.79. The molecule has 0 saturated heterocycles. The molecule has 2 atom stereocenters. The van der Waals surface area contributed by atoms with Crippen LogP contribution < -0.4 is 15.8 Å². The van der Waals surface area contributed by atoms with E-state index >= 15 is 0 Å². The molecule has 19 heavy (non-hydrogen) atoms. The Bertz CT molecular complexity index is 407. The van der Waals surface area contributed by atoms with Gasteiger partial charge in [0.2, 0.25) is 5.91 Å². The first-order chi connectivity index (χ1) is 9.13. The quantitative estimate of drug-likeness (QED) is 0.794. The van der Waals surface area contributed by atoms with E-state index in [0.29, 0.717) is 6.42 Å². The van der Waals surface area contributed by atoms with Gasteiger partial charge in [-0.15, -0.1) is 0 Å². The molecule has 106 valence electrons. The predicted molar refractivity (Wildman–Crippen MR) is 77.1 cm³/mol. The molecule has 4 nitrogen and oxygen atoms in total. The lowest BCUT2D eigenvalue weighted by molar-refractivity contribution is -0.123. The molecule has 0 bridgehead atoms. The van der Waals surface area contributed by atoms with Crippen molar-refractivity contribution in [2.75, 3.05) is 7.11 Å². The molecule has 1 aromatic rings. The van der Waals surface area contributed by atoms with Gasteiger partial charge in [0.1, 0.15) is 5.75 Å². The van der Waals surface area contributed by atoms with Gasteiger partial charge in [0.15, 0.2) is 0 Å². The summed E-state index contributed by atoms with van der Waals surface area (Å²) in [6, 6.07) is 7.23. The highest BCUT2D eigenvalue weighted by atomic mass is 16.5. The van der Waals surface area contributed by atoms with Gasteiger partial charge in [0, 0.05) is 5.56 Å². The Labute approximate surface area is 115 Å². The van der Waals surface area contributed by atoms with Crippen LogP contribution in [0.4, 0.5) is 0 Å². The van der Waals surface area contributed by atoms with Crippen molar-refractivity contribution in [3.63, 3.8) is 0 Å². The van der Waals surface area contributed by atoms with Gasteiger partial charge in [-0.25, -0.2) is 0 Å². The SMILES string of the molecule is CCC[C@@H](N)C(=O)NC(CC)c1ccccc1OC. The van der Waals surface area contributed by atoms with Gasteiger partial charge < -0.3 is 15.8 Å². The zero-order chi connectivity index (χ0) is 14.3. The molecule has 1 rings (SSSR count). The number of carbonyl (C=O) groups excluding carboxylic acids is 1. The van der Waals surface area contributed by atoms with Crippen LogP contribution in [-0.2, 0) is 4.79 Å². The smallest absolute Gasteiger partial charge is 0.237 e. The van der Waals surface area contributed by atoms with Crippen LogP contribution in [-0.4, -0.2) is 19.1 Å². The molecule has 0 fully saturated rings. The van der Waals surface area contributed by atoms with Crippen molar-refractivity contribution in [3.05, 3.63) is 29.8 Å². The number of para-hydroxylation sites is 1. The normalized spacial score (nSPS) is 13.7. The largest absolute Gasteiger partial charge is 0.496 e. The highest BCUT2D eigenvalue weighted by Crippen LogP contribution is 2.26. The lowest BCUT2D eigenvalue weighted by Crippen LogP contribution is -2.42. The Hall–Kier alpha value is -1.55. The van der Waals surface area contributed by atoms with E-state index in [9.17, 15) is 4.79 Å². The summed E-state index contributed by atoms with van der Waals surface area (Å²) in [7, 11) is 1.64. The minimum absolute atomic E-state index is 0.0634. The summed E-state index contributed by atoms with van der Waals surface area (Å²) >= 11 is 0. The fraction of sp³-hybridized carbons (Fsp3) is 0.533. The molecule has 0 aliphatic rings. The van der Waals surface area contributed by atoms with Crippen molar-refractivity contribution < 1.29 is 9.53 Å². The minimum Gasteiger partial charge on any atom is -0.496 e. The lowest BCUT2D eigenvalue weighted by Gasteiger charge is -2.21. The Balaban J connectivity index is 2.80. The molecule has 0 heterocycles. The molecule has 0 radical (unpaired) electrons. The van der Waals surface area contributed by atoms with E-state index in [-0.39, 0.29) is 11.9 Å². The number of amides is 1. The number of nitrogens with one attached hydrogen (secondary N) is 1. The summed E-state index contributed by atoms with van der Waals surface area (Å²) in [5.74, 6) is 0.693. The molecule has 3 N–H and O–H groups in total. The first-order valence-corrected chi connectivity index (χ1v) is 6.82. The van der Waals surface area contributed by atoms with Gasteiger partial charge >= 0.3 is 0 Å². The first kappa shape index (κ1) is 15.5. The third-order valence-electron chi connectivity index (χ3n) is 3.18. The van der Waals surface area contributed by atoms with Gasteiger partial charge in [0.05, 0.1) is 19.2 Å². The maximum absolute atomic E-state index is 12.0. The maximum atomic E-state index is 12.0. The van der Waals surface area contributed by atoms with E-state index in [4.69, 9.17) is 10.5 Å². The molecule has 0 aromatic heterocycles. The summed E-state index contributed by atoms with van der Waals surface area (Å²) < 4.78 is 5.34. The van der Waals surface area contributed by atoms with Crippen LogP contribution >= 0.6 is 0 Å². The van der Waals surface area contributed by atoms with E-state index in [1.807, 2.05) is 38.1 Å². The Kier molecular flexibility index (Phi) is 6.36. The van der Waals surface area contributed by atoms with E-state index < -0.39 is 6.04 Å². The van der Waals surface area contributed by atoms with Crippen LogP contribution in [0, 0.1) is 0 Å². The van der Waals surface area contributed by atoms with Crippen molar-refractivity contribution >= 4 is 5.91 Å². The molecule has 1 unspecified atom stereocenters. The number of ether oxygens (including phenoxy) is 1. The van der Waals surface area contributed by atoms with Crippen molar-refractivity contribution in [1.82, 2.24) is 5.32 Å². The van der Waals surface area contributed by atoms with Crippen LogP contribution in [0.3, 0.4) is 0 Å². The summed E-state index contributed by atoms with van der Waals surface area (Å²) in [4.78, 5) is 12.0. The lowest BCUT2D eigenvalue weighted by atomic mass is 10.0. The Morgan fingerprint density at radius 3 is 2.63 bits per heavy atom. The highest BCUT2D eigenvalue weighted by Gasteiger charge is 2.19. The zero-order valence-corrected chi connectivity index (χ0v) is 12.0. The number of hydrogen-bond acceptors (Lipinski definition) is 3. The number of methoxy groups -OCH3 is 1. The molecule has 0 spiro atoms. The number of benzene rings is 1. The van der Waals surface area contributed by atoms with Gasteiger partial charge in [-0.2, -0.15) is 0 Å². The average Bonchev–Trinajstić information content (AvgIpc) is 2.44. The van der Waals surface area contributed by atoms with Crippen molar-refractivity contribution in [2.45, 2.75) is 45.2 Å². The second-order valence-corrected chi connectivity index (χ2v) is 4.61. The summed E-state index contributed by atoms with van der Waals surface area (Å²) in [6.45, 7) is 4.05. The molecule has 1 aromatic carbocycles. The summed E-state index contributed by atoms with van der Waals surface area (Å²) in [6.07, 6.45) is 2.40. The van der Waals surface area contributed by atoms with Gasteiger partial charge in [-0.3, -0.25) is 4.79 Å².